The maximum absolute atomic E-state index is 13.8. The number of pyridine rings is 1. The van der Waals surface area contributed by atoms with Crippen LogP contribution < -0.4 is 14.9 Å². The second-order valence-electron chi connectivity index (χ2n) is 10.1. The van der Waals surface area contributed by atoms with Gasteiger partial charge >= 0.3 is 7.82 Å². The fraction of sp³-hybridized carbons (Fsp3) is 0.182. The van der Waals surface area contributed by atoms with E-state index in [9.17, 15) is 9.36 Å². The predicted octanol–water partition coefficient (Wildman–Crippen LogP) is 7.72. The van der Waals surface area contributed by atoms with E-state index < -0.39 is 7.82 Å². The number of hydrogen-bond acceptors (Lipinski definition) is 6. The lowest BCUT2D eigenvalue weighted by atomic mass is 10.1. The van der Waals surface area contributed by atoms with E-state index in [1.165, 1.54) is 12.8 Å². The van der Waals surface area contributed by atoms with Gasteiger partial charge in [0.15, 0.2) is 5.43 Å². The van der Waals surface area contributed by atoms with Gasteiger partial charge in [-0.05, 0) is 54.3 Å². The zero-order valence-electron chi connectivity index (χ0n) is 22.6. The Morgan fingerprint density at radius 2 is 1.39 bits per heavy atom. The minimum atomic E-state index is -4.03. The average molecular weight is 567 g/mol. The van der Waals surface area contributed by atoms with Crippen LogP contribution in [0, 0.1) is 0 Å². The van der Waals surface area contributed by atoms with Crippen LogP contribution in [-0.4, -0.2) is 18.1 Å². The second-order valence-corrected chi connectivity index (χ2v) is 11.6. The number of rotatable bonds is 10. The summed E-state index contributed by atoms with van der Waals surface area (Å²) in [6, 6.07) is 33.5. The molecule has 0 spiro atoms. The topological polar surface area (TPSA) is 80.9 Å². The first-order valence-corrected chi connectivity index (χ1v) is 15.2. The monoisotopic (exact) mass is 566 g/mol. The largest absolute Gasteiger partial charge is 0.530 e. The number of hydrogen-bond donors (Lipinski definition) is 1. The Hall–Kier alpha value is -4.16. The third-order valence-electron chi connectivity index (χ3n) is 7.11. The van der Waals surface area contributed by atoms with Crippen molar-refractivity contribution in [1.29, 1.82) is 0 Å². The molecule has 4 aromatic carbocycles. The van der Waals surface area contributed by atoms with Crippen LogP contribution in [0.15, 0.2) is 114 Å². The van der Waals surface area contributed by atoms with Crippen molar-refractivity contribution < 1.29 is 18.1 Å². The van der Waals surface area contributed by atoms with Gasteiger partial charge in [-0.2, -0.15) is 0 Å². The number of aromatic nitrogens is 1. The Morgan fingerprint density at radius 3 is 2.05 bits per heavy atom. The van der Waals surface area contributed by atoms with E-state index in [4.69, 9.17) is 13.6 Å². The third-order valence-corrected chi connectivity index (χ3v) is 8.44. The van der Waals surface area contributed by atoms with Gasteiger partial charge in [0.2, 0.25) is 0 Å². The van der Waals surface area contributed by atoms with Crippen LogP contribution in [0.1, 0.15) is 24.0 Å². The van der Waals surface area contributed by atoms with E-state index in [-0.39, 0.29) is 18.6 Å². The molecule has 41 heavy (non-hydrogen) atoms. The Bertz CT molecular complexity index is 1690. The number of phosphoric ester groups is 1. The highest BCUT2D eigenvalue weighted by Crippen LogP contribution is 2.51. The molecule has 7 nitrogen and oxygen atoms in total. The van der Waals surface area contributed by atoms with Crippen LogP contribution in [0.5, 0.6) is 5.75 Å². The van der Waals surface area contributed by atoms with Gasteiger partial charge in [0.25, 0.3) is 0 Å². The number of anilines is 1. The smallest absolute Gasteiger partial charge is 0.404 e. The van der Waals surface area contributed by atoms with Gasteiger partial charge in [0.05, 0.1) is 13.2 Å². The lowest BCUT2D eigenvalue weighted by molar-refractivity contribution is 0.143. The van der Waals surface area contributed by atoms with Crippen LogP contribution in [0.2, 0.25) is 0 Å². The highest BCUT2D eigenvalue weighted by molar-refractivity contribution is 7.48. The van der Waals surface area contributed by atoms with Crippen LogP contribution in [0.3, 0.4) is 0 Å². The maximum Gasteiger partial charge on any atom is 0.530 e. The Morgan fingerprint density at radius 1 is 0.732 bits per heavy atom. The first-order chi connectivity index (χ1) is 20.0. The summed E-state index contributed by atoms with van der Waals surface area (Å²) in [5.74, 6) is 0.303. The lowest BCUT2D eigenvalue weighted by Gasteiger charge is -2.19. The molecule has 1 aromatic heterocycles. The SMILES string of the molecule is O=c1cc(-c2cccc(OP(=O)(OCc3ccccc3)OCc3ccccc3)c2)[nH]c2ccc(N3CCCC3)cc12. The van der Waals surface area contributed by atoms with Gasteiger partial charge < -0.3 is 14.4 Å². The second kappa shape index (κ2) is 12.1. The summed E-state index contributed by atoms with van der Waals surface area (Å²) < 4.78 is 31.3. The van der Waals surface area contributed by atoms with E-state index in [1.54, 1.807) is 24.3 Å². The van der Waals surface area contributed by atoms with Gasteiger partial charge in [-0.3, -0.25) is 13.8 Å². The number of H-pyrrole nitrogens is 1. The molecule has 1 aliphatic rings. The van der Waals surface area contributed by atoms with Gasteiger partial charge in [-0.15, -0.1) is 0 Å². The van der Waals surface area contributed by atoms with Crippen molar-refractivity contribution in [3.63, 3.8) is 0 Å². The molecule has 0 bridgehead atoms. The number of nitrogens with zero attached hydrogens (tertiary/aromatic N) is 1. The molecule has 1 saturated heterocycles. The van der Waals surface area contributed by atoms with Crippen LogP contribution >= 0.6 is 7.82 Å². The predicted molar refractivity (Wildman–Crippen MR) is 162 cm³/mol. The van der Waals surface area contributed by atoms with Crippen molar-refractivity contribution >= 4 is 24.4 Å². The first-order valence-electron chi connectivity index (χ1n) is 13.7. The van der Waals surface area contributed by atoms with Gasteiger partial charge in [0, 0.05) is 47.0 Å². The number of benzene rings is 4. The van der Waals surface area contributed by atoms with E-state index in [0.29, 0.717) is 22.4 Å². The number of phosphoric acid groups is 1. The zero-order chi connectivity index (χ0) is 28.1. The Balaban J connectivity index is 1.25. The average Bonchev–Trinajstić information content (AvgIpc) is 3.56. The summed E-state index contributed by atoms with van der Waals surface area (Å²) >= 11 is 0. The molecule has 8 heteroatoms. The normalized spacial score (nSPS) is 13.5. The maximum atomic E-state index is 13.8. The molecule has 0 atom stereocenters. The van der Waals surface area contributed by atoms with Crippen molar-refractivity contribution in [3.05, 3.63) is 131 Å². The van der Waals surface area contributed by atoms with Gasteiger partial charge in [-0.25, -0.2) is 4.57 Å². The van der Waals surface area contributed by atoms with Gasteiger partial charge in [0.1, 0.15) is 5.75 Å². The summed E-state index contributed by atoms with van der Waals surface area (Å²) in [4.78, 5) is 18.8. The third kappa shape index (κ3) is 6.60. The molecule has 5 aromatic rings. The molecule has 1 N–H and O–H groups in total. The van der Waals surface area contributed by atoms with Crippen LogP contribution in [0.4, 0.5) is 5.69 Å². The molecule has 2 heterocycles. The highest BCUT2D eigenvalue weighted by atomic mass is 31.2. The van der Waals surface area contributed by atoms with E-state index in [2.05, 4.69) is 16.0 Å². The minimum absolute atomic E-state index is 0.0595. The van der Waals surface area contributed by atoms with Gasteiger partial charge in [-0.1, -0.05) is 72.8 Å². The molecule has 1 aliphatic heterocycles. The number of fused-ring (bicyclic) bond motifs is 1. The molecule has 0 saturated carbocycles. The van der Waals surface area contributed by atoms with Crippen molar-refractivity contribution in [2.45, 2.75) is 26.1 Å². The molecule has 208 valence electrons. The summed E-state index contributed by atoms with van der Waals surface area (Å²) in [7, 11) is -4.03. The summed E-state index contributed by atoms with van der Waals surface area (Å²) in [5.41, 5.74) is 4.79. The Kier molecular flexibility index (Phi) is 8.01. The molecule has 0 radical (unpaired) electrons. The molecular formula is C33H31N2O5P. The quantitative estimate of drug-likeness (QED) is 0.174. The molecule has 0 unspecified atom stereocenters. The van der Waals surface area contributed by atoms with Crippen LogP contribution in [-0.2, 0) is 26.8 Å². The standard InChI is InChI=1S/C33H31N2O5P/c36-33-22-32(34-31-17-16-28(21-30(31)33)35-18-7-8-19-35)27-14-9-15-29(20-27)40-41(37,38-23-25-10-3-1-4-11-25)39-24-26-12-5-2-6-13-26/h1-6,9-17,20-22H,7-8,18-19,23-24H2,(H,34,36). The molecule has 0 amide bonds. The van der Waals surface area contributed by atoms with Crippen molar-refractivity contribution in [2.75, 3.05) is 18.0 Å². The zero-order valence-corrected chi connectivity index (χ0v) is 23.5. The number of aromatic amines is 1. The highest BCUT2D eigenvalue weighted by Gasteiger charge is 2.29. The van der Waals surface area contributed by atoms with E-state index in [1.807, 2.05) is 78.9 Å². The fourth-order valence-corrected chi connectivity index (χ4v) is 6.12. The summed E-state index contributed by atoms with van der Waals surface area (Å²) in [5, 5.41) is 0.652. The van der Waals surface area contributed by atoms with Crippen molar-refractivity contribution in [1.82, 2.24) is 4.98 Å². The number of nitrogens with one attached hydrogen (secondary N) is 1. The minimum Gasteiger partial charge on any atom is -0.404 e. The first kappa shape index (κ1) is 27.0. The van der Waals surface area contributed by atoms with Crippen molar-refractivity contribution in [2.24, 2.45) is 0 Å². The summed E-state index contributed by atoms with van der Waals surface area (Å²) in [6.07, 6.45) is 2.35. The van der Waals surface area contributed by atoms with Crippen molar-refractivity contribution in [3.8, 4) is 17.0 Å². The summed E-state index contributed by atoms with van der Waals surface area (Å²) in [6.45, 7) is 2.15. The van der Waals surface area contributed by atoms with Crippen LogP contribution in [0.25, 0.3) is 22.2 Å². The lowest BCUT2D eigenvalue weighted by Crippen LogP contribution is -2.17. The van der Waals surface area contributed by atoms with E-state index >= 15 is 0 Å². The molecule has 6 rings (SSSR count). The molecule has 1 fully saturated rings. The molecule has 0 aliphatic carbocycles. The Labute approximate surface area is 238 Å². The fourth-order valence-electron chi connectivity index (χ4n) is 4.96. The van der Waals surface area contributed by atoms with E-state index in [0.717, 1.165) is 35.4 Å². The molecular weight excluding hydrogens is 535 g/mol.